The number of halogens is 1. The van der Waals surface area contributed by atoms with E-state index in [1.54, 1.807) is 25.3 Å². The number of amides is 2. The zero-order valence-corrected chi connectivity index (χ0v) is 14.3. The SMILES string of the molecule is COc1ccc(Cl)cc1NC(=O)Nc1ccc(N2CCCC2)cc1. The Morgan fingerprint density at radius 2 is 1.79 bits per heavy atom. The molecule has 6 heteroatoms. The Hall–Kier alpha value is -2.40. The third-order valence-electron chi connectivity index (χ3n) is 4.01. The predicted molar refractivity (Wildman–Crippen MR) is 98.5 cm³/mol. The van der Waals surface area contributed by atoms with Gasteiger partial charge in [0.15, 0.2) is 0 Å². The standard InChI is InChI=1S/C18H20ClN3O2/c1-24-17-9-4-13(19)12-16(17)21-18(23)20-14-5-7-15(8-6-14)22-10-2-3-11-22/h4-9,12H,2-3,10-11H2,1H3,(H2,20,21,23). The topological polar surface area (TPSA) is 53.6 Å². The molecule has 0 atom stereocenters. The number of hydrogen-bond acceptors (Lipinski definition) is 3. The fourth-order valence-corrected chi connectivity index (χ4v) is 2.97. The van der Waals surface area contributed by atoms with Crippen LogP contribution in [0.2, 0.25) is 5.02 Å². The number of carbonyl (C=O) groups is 1. The summed E-state index contributed by atoms with van der Waals surface area (Å²) < 4.78 is 5.22. The summed E-state index contributed by atoms with van der Waals surface area (Å²) >= 11 is 5.97. The van der Waals surface area contributed by atoms with E-state index in [2.05, 4.69) is 15.5 Å². The predicted octanol–water partition coefficient (Wildman–Crippen LogP) is 4.59. The number of nitrogens with zero attached hydrogens (tertiary/aromatic N) is 1. The molecule has 2 amide bonds. The molecule has 2 aromatic rings. The number of ether oxygens (including phenoxy) is 1. The molecule has 0 bridgehead atoms. The maximum Gasteiger partial charge on any atom is 0.323 e. The normalized spacial score (nSPS) is 13.7. The minimum atomic E-state index is -0.343. The van der Waals surface area contributed by atoms with Crippen LogP contribution in [0.4, 0.5) is 21.9 Å². The fourth-order valence-electron chi connectivity index (χ4n) is 2.79. The van der Waals surface area contributed by atoms with E-state index in [0.29, 0.717) is 16.5 Å². The van der Waals surface area contributed by atoms with E-state index in [-0.39, 0.29) is 6.03 Å². The minimum absolute atomic E-state index is 0.343. The maximum atomic E-state index is 12.2. The van der Waals surface area contributed by atoms with Gasteiger partial charge in [-0.2, -0.15) is 0 Å². The van der Waals surface area contributed by atoms with Crippen molar-refractivity contribution in [2.75, 3.05) is 35.7 Å². The Bertz CT molecular complexity index is 713. The van der Waals surface area contributed by atoms with Gasteiger partial charge in [-0.3, -0.25) is 0 Å². The number of anilines is 3. The molecule has 0 saturated carbocycles. The monoisotopic (exact) mass is 345 g/mol. The first-order chi connectivity index (χ1) is 11.7. The van der Waals surface area contributed by atoms with Crippen LogP contribution in [0.15, 0.2) is 42.5 Å². The summed E-state index contributed by atoms with van der Waals surface area (Å²) in [4.78, 5) is 14.5. The van der Waals surface area contributed by atoms with Crippen molar-refractivity contribution in [2.24, 2.45) is 0 Å². The third kappa shape index (κ3) is 3.92. The molecule has 5 nitrogen and oxygen atoms in total. The van der Waals surface area contributed by atoms with Crippen LogP contribution in [0.25, 0.3) is 0 Å². The highest BCUT2D eigenvalue weighted by atomic mass is 35.5. The molecule has 3 rings (SSSR count). The van der Waals surface area contributed by atoms with E-state index < -0.39 is 0 Å². The summed E-state index contributed by atoms with van der Waals surface area (Å²) in [6.45, 7) is 2.20. The van der Waals surface area contributed by atoms with Crippen LogP contribution in [-0.4, -0.2) is 26.2 Å². The van der Waals surface area contributed by atoms with Gasteiger partial charge in [0.1, 0.15) is 5.75 Å². The van der Waals surface area contributed by atoms with Crippen LogP contribution in [0.5, 0.6) is 5.75 Å². The first kappa shape index (κ1) is 16.5. The number of hydrogen-bond donors (Lipinski definition) is 2. The zero-order valence-electron chi connectivity index (χ0n) is 13.5. The second-order valence-electron chi connectivity index (χ2n) is 5.66. The highest BCUT2D eigenvalue weighted by molar-refractivity contribution is 6.31. The summed E-state index contributed by atoms with van der Waals surface area (Å²) in [6.07, 6.45) is 2.48. The molecular weight excluding hydrogens is 326 g/mol. The molecule has 1 aliphatic rings. The molecule has 2 aromatic carbocycles. The van der Waals surface area contributed by atoms with E-state index >= 15 is 0 Å². The second-order valence-corrected chi connectivity index (χ2v) is 6.10. The quantitative estimate of drug-likeness (QED) is 0.852. The summed E-state index contributed by atoms with van der Waals surface area (Å²) in [5.74, 6) is 0.555. The van der Waals surface area contributed by atoms with Gasteiger partial charge in [0.25, 0.3) is 0 Å². The van der Waals surface area contributed by atoms with Crippen molar-refractivity contribution in [1.82, 2.24) is 0 Å². The molecule has 0 aliphatic carbocycles. The Kier molecular flexibility index (Phi) is 5.11. The molecule has 1 saturated heterocycles. The molecule has 24 heavy (non-hydrogen) atoms. The first-order valence-electron chi connectivity index (χ1n) is 7.92. The molecule has 1 fully saturated rings. The lowest BCUT2D eigenvalue weighted by Gasteiger charge is -2.18. The summed E-state index contributed by atoms with van der Waals surface area (Å²) in [5, 5.41) is 6.09. The number of urea groups is 1. The van der Waals surface area contributed by atoms with Crippen LogP contribution in [0.1, 0.15) is 12.8 Å². The van der Waals surface area contributed by atoms with Crippen LogP contribution in [0.3, 0.4) is 0 Å². The summed E-state index contributed by atoms with van der Waals surface area (Å²) in [7, 11) is 1.55. The van der Waals surface area contributed by atoms with E-state index in [0.717, 1.165) is 18.8 Å². The highest BCUT2D eigenvalue weighted by Crippen LogP contribution is 2.28. The average molecular weight is 346 g/mol. The lowest BCUT2D eigenvalue weighted by atomic mass is 10.2. The van der Waals surface area contributed by atoms with Crippen molar-refractivity contribution < 1.29 is 9.53 Å². The van der Waals surface area contributed by atoms with E-state index in [1.807, 2.05) is 24.3 Å². The maximum absolute atomic E-state index is 12.2. The highest BCUT2D eigenvalue weighted by Gasteiger charge is 2.12. The van der Waals surface area contributed by atoms with Gasteiger partial charge in [-0.25, -0.2) is 4.79 Å². The second kappa shape index (κ2) is 7.45. The average Bonchev–Trinajstić information content (AvgIpc) is 3.10. The van der Waals surface area contributed by atoms with Crippen LogP contribution in [0, 0.1) is 0 Å². The Morgan fingerprint density at radius 3 is 2.46 bits per heavy atom. The van der Waals surface area contributed by atoms with Gasteiger partial charge in [0.05, 0.1) is 12.8 Å². The van der Waals surface area contributed by atoms with Crippen molar-refractivity contribution in [3.63, 3.8) is 0 Å². The van der Waals surface area contributed by atoms with Gasteiger partial charge >= 0.3 is 6.03 Å². The number of carbonyl (C=O) groups excluding carboxylic acids is 1. The number of benzene rings is 2. The van der Waals surface area contributed by atoms with E-state index in [1.165, 1.54) is 18.5 Å². The molecule has 126 valence electrons. The number of rotatable bonds is 4. The van der Waals surface area contributed by atoms with Crippen molar-refractivity contribution in [3.05, 3.63) is 47.5 Å². The lowest BCUT2D eigenvalue weighted by molar-refractivity contribution is 0.262. The zero-order chi connectivity index (χ0) is 16.9. The van der Waals surface area contributed by atoms with E-state index in [9.17, 15) is 4.79 Å². The van der Waals surface area contributed by atoms with E-state index in [4.69, 9.17) is 16.3 Å². The lowest BCUT2D eigenvalue weighted by Crippen LogP contribution is -2.20. The number of nitrogens with one attached hydrogen (secondary N) is 2. The molecule has 1 aliphatic heterocycles. The van der Waals surface area contributed by atoms with Crippen molar-refractivity contribution in [3.8, 4) is 5.75 Å². The largest absolute Gasteiger partial charge is 0.495 e. The van der Waals surface area contributed by atoms with Crippen molar-refractivity contribution in [1.29, 1.82) is 0 Å². The molecule has 1 heterocycles. The Morgan fingerprint density at radius 1 is 1.08 bits per heavy atom. The van der Waals surface area contributed by atoms with Crippen LogP contribution >= 0.6 is 11.6 Å². The van der Waals surface area contributed by atoms with Crippen molar-refractivity contribution in [2.45, 2.75) is 12.8 Å². The van der Waals surface area contributed by atoms with Gasteiger partial charge in [-0.05, 0) is 55.3 Å². The third-order valence-corrected chi connectivity index (χ3v) is 4.24. The first-order valence-corrected chi connectivity index (χ1v) is 8.30. The van der Waals surface area contributed by atoms with Gasteiger partial charge in [-0.1, -0.05) is 11.6 Å². The van der Waals surface area contributed by atoms with Gasteiger partial charge in [0.2, 0.25) is 0 Å². The Labute approximate surface area is 146 Å². The van der Waals surface area contributed by atoms with Gasteiger partial charge in [0, 0.05) is 29.5 Å². The molecule has 2 N–H and O–H groups in total. The molecule has 0 unspecified atom stereocenters. The minimum Gasteiger partial charge on any atom is -0.495 e. The summed E-state index contributed by atoms with van der Waals surface area (Å²) in [6, 6.07) is 12.6. The van der Waals surface area contributed by atoms with Gasteiger partial charge < -0.3 is 20.3 Å². The van der Waals surface area contributed by atoms with Crippen molar-refractivity contribution >= 4 is 34.7 Å². The molecule has 0 aromatic heterocycles. The van der Waals surface area contributed by atoms with Gasteiger partial charge in [-0.15, -0.1) is 0 Å². The number of methoxy groups -OCH3 is 1. The fraction of sp³-hybridized carbons (Fsp3) is 0.278. The molecule has 0 spiro atoms. The summed E-state index contributed by atoms with van der Waals surface area (Å²) in [5.41, 5.74) is 2.45. The molecule has 0 radical (unpaired) electrons. The van der Waals surface area contributed by atoms with Crippen LogP contribution in [-0.2, 0) is 0 Å². The smallest absolute Gasteiger partial charge is 0.323 e. The molecular formula is C18H20ClN3O2. The Balaban J connectivity index is 1.63. The van der Waals surface area contributed by atoms with Crippen LogP contribution < -0.4 is 20.3 Å².